The van der Waals surface area contributed by atoms with Crippen molar-refractivity contribution in [1.82, 2.24) is 0 Å². The van der Waals surface area contributed by atoms with Crippen molar-refractivity contribution < 1.29 is 4.58 Å². The first-order chi connectivity index (χ1) is 17.8. The molecule has 0 fully saturated rings. The third-order valence-corrected chi connectivity index (χ3v) is 8.58. The molecule has 2 aromatic carbocycles. The standard InChI is InChI=1S/C35H49N2/c1-7-9-11-17-26-36-30-22-15-13-20-28(30)34(3,4)32(36)24-19-25-33-35(5,6)29-21-14-16-23-31(29)37(33)27-18-12-10-8-2/h13-16,19-25H,7-12,17-18,26-27H2,1-6H3/q+1. The van der Waals surface area contributed by atoms with E-state index in [2.05, 4.69) is 118 Å². The summed E-state index contributed by atoms with van der Waals surface area (Å²) in [6.07, 6.45) is 17.4. The van der Waals surface area contributed by atoms with Gasteiger partial charge in [-0.3, -0.25) is 0 Å². The van der Waals surface area contributed by atoms with E-state index in [0.29, 0.717) is 0 Å². The molecule has 0 unspecified atom stereocenters. The first-order valence-corrected chi connectivity index (χ1v) is 14.8. The molecular formula is C35H49N2+. The summed E-state index contributed by atoms with van der Waals surface area (Å²) in [6.45, 7) is 16.3. The van der Waals surface area contributed by atoms with Gasteiger partial charge in [0.15, 0.2) is 5.71 Å². The van der Waals surface area contributed by atoms with Gasteiger partial charge < -0.3 is 4.90 Å². The number of nitrogens with zero attached hydrogens (tertiary/aromatic N) is 2. The van der Waals surface area contributed by atoms with E-state index in [0.717, 1.165) is 13.1 Å². The number of benzene rings is 2. The van der Waals surface area contributed by atoms with Gasteiger partial charge in [-0.05, 0) is 44.4 Å². The van der Waals surface area contributed by atoms with Crippen LogP contribution in [0.1, 0.15) is 104 Å². The lowest BCUT2D eigenvalue weighted by Gasteiger charge is -2.27. The van der Waals surface area contributed by atoms with Gasteiger partial charge in [-0.1, -0.05) is 102 Å². The SMILES string of the molecule is CCCCCCN1C(=CC=CC2=[N+](CCCCCC)c3ccccc3C2(C)C)C(C)(C)c2ccccc21. The van der Waals surface area contributed by atoms with E-state index < -0.39 is 0 Å². The average molecular weight is 498 g/mol. The molecule has 0 N–H and O–H groups in total. The second-order valence-electron chi connectivity index (χ2n) is 12.0. The van der Waals surface area contributed by atoms with Gasteiger partial charge in [0.25, 0.3) is 0 Å². The molecule has 2 heteroatoms. The van der Waals surface area contributed by atoms with Crippen LogP contribution < -0.4 is 4.90 Å². The Balaban J connectivity index is 1.67. The predicted molar refractivity (Wildman–Crippen MR) is 162 cm³/mol. The second-order valence-corrected chi connectivity index (χ2v) is 12.0. The number of hydrogen-bond acceptors (Lipinski definition) is 1. The van der Waals surface area contributed by atoms with Crippen molar-refractivity contribution in [3.8, 4) is 0 Å². The number of fused-ring (bicyclic) bond motifs is 2. The molecule has 0 saturated carbocycles. The third kappa shape index (κ3) is 5.49. The number of rotatable bonds is 12. The molecule has 0 aromatic heterocycles. The summed E-state index contributed by atoms with van der Waals surface area (Å²) in [6, 6.07) is 18.0. The largest absolute Gasteiger partial charge is 0.344 e. The Hall–Kier alpha value is -2.61. The van der Waals surface area contributed by atoms with Gasteiger partial charge in [-0.2, -0.15) is 4.58 Å². The highest BCUT2D eigenvalue weighted by Crippen LogP contribution is 2.48. The smallest absolute Gasteiger partial charge is 0.209 e. The van der Waals surface area contributed by atoms with E-state index >= 15 is 0 Å². The summed E-state index contributed by atoms with van der Waals surface area (Å²) >= 11 is 0. The number of hydrogen-bond donors (Lipinski definition) is 0. The van der Waals surface area contributed by atoms with Gasteiger partial charge in [0.1, 0.15) is 6.54 Å². The minimum atomic E-state index is 0.00432. The highest BCUT2D eigenvalue weighted by molar-refractivity contribution is 6.03. The Bertz CT molecular complexity index is 1160. The Kier molecular flexibility index (Phi) is 8.78. The minimum Gasteiger partial charge on any atom is -0.344 e. The molecule has 0 saturated heterocycles. The molecule has 0 amide bonds. The van der Waals surface area contributed by atoms with Crippen LogP contribution in [0.15, 0.2) is 72.5 Å². The molecule has 4 rings (SSSR count). The quantitative estimate of drug-likeness (QED) is 0.209. The van der Waals surface area contributed by atoms with Crippen molar-refractivity contribution in [2.45, 2.75) is 104 Å². The zero-order valence-corrected chi connectivity index (χ0v) is 24.3. The third-order valence-electron chi connectivity index (χ3n) is 8.58. The Labute approximate surface area is 226 Å². The molecule has 0 bridgehead atoms. The lowest BCUT2D eigenvalue weighted by molar-refractivity contribution is -0.438. The first-order valence-electron chi connectivity index (χ1n) is 14.8. The fourth-order valence-corrected chi connectivity index (χ4v) is 6.39. The highest BCUT2D eigenvalue weighted by atomic mass is 15.2. The van der Waals surface area contributed by atoms with Crippen molar-refractivity contribution in [3.05, 3.63) is 83.6 Å². The van der Waals surface area contributed by atoms with Crippen LogP contribution in [0, 0.1) is 0 Å². The van der Waals surface area contributed by atoms with Gasteiger partial charge in [0, 0.05) is 47.5 Å². The maximum Gasteiger partial charge on any atom is 0.209 e. The summed E-state index contributed by atoms with van der Waals surface area (Å²) in [5, 5.41) is 0. The monoisotopic (exact) mass is 497 g/mol. The van der Waals surface area contributed by atoms with Gasteiger partial charge in [0.2, 0.25) is 5.69 Å². The number of allylic oxidation sites excluding steroid dienone is 4. The molecule has 0 aliphatic carbocycles. The molecule has 0 radical (unpaired) electrons. The maximum absolute atomic E-state index is 2.59. The van der Waals surface area contributed by atoms with Crippen LogP contribution in [0.2, 0.25) is 0 Å². The van der Waals surface area contributed by atoms with Crippen LogP contribution in [0.3, 0.4) is 0 Å². The molecular weight excluding hydrogens is 448 g/mol. The maximum atomic E-state index is 2.59. The van der Waals surface area contributed by atoms with Gasteiger partial charge in [-0.15, -0.1) is 0 Å². The normalized spacial score (nSPS) is 18.8. The van der Waals surface area contributed by atoms with Crippen LogP contribution >= 0.6 is 0 Å². The molecule has 2 aliphatic rings. The number of para-hydroxylation sites is 2. The second kappa shape index (κ2) is 11.8. The van der Waals surface area contributed by atoms with Crippen molar-refractivity contribution in [2.75, 3.05) is 18.0 Å². The number of unbranched alkanes of at least 4 members (excludes halogenated alkanes) is 6. The fourth-order valence-electron chi connectivity index (χ4n) is 6.39. The predicted octanol–water partition coefficient (Wildman–Crippen LogP) is 9.46. The zero-order valence-electron chi connectivity index (χ0n) is 24.3. The van der Waals surface area contributed by atoms with Crippen molar-refractivity contribution in [3.63, 3.8) is 0 Å². The van der Waals surface area contributed by atoms with Gasteiger partial charge >= 0.3 is 0 Å². The topological polar surface area (TPSA) is 6.25 Å². The van der Waals surface area contributed by atoms with E-state index in [1.165, 1.54) is 85.3 Å². The van der Waals surface area contributed by atoms with E-state index in [1.54, 1.807) is 0 Å². The van der Waals surface area contributed by atoms with E-state index in [9.17, 15) is 0 Å². The molecule has 2 aromatic rings. The Morgan fingerprint density at radius 2 is 1.38 bits per heavy atom. The van der Waals surface area contributed by atoms with E-state index in [-0.39, 0.29) is 10.8 Å². The van der Waals surface area contributed by atoms with Gasteiger partial charge in [-0.25, -0.2) is 0 Å². The van der Waals surface area contributed by atoms with Crippen LogP contribution in [-0.2, 0) is 10.8 Å². The summed E-state index contributed by atoms with van der Waals surface area (Å²) in [4.78, 5) is 2.59. The Morgan fingerprint density at radius 1 is 0.730 bits per heavy atom. The van der Waals surface area contributed by atoms with E-state index in [4.69, 9.17) is 0 Å². The summed E-state index contributed by atoms with van der Waals surface area (Å²) in [7, 11) is 0. The summed E-state index contributed by atoms with van der Waals surface area (Å²) in [5.74, 6) is 0. The molecule has 37 heavy (non-hydrogen) atoms. The van der Waals surface area contributed by atoms with Crippen molar-refractivity contribution in [1.29, 1.82) is 0 Å². The molecule has 2 aliphatic heterocycles. The number of anilines is 1. The molecule has 198 valence electrons. The lowest BCUT2D eigenvalue weighted by Crippen LogP contribution is -2.28. The minimum absolute atomic E-state index is 0.00432. The van der Waals surface area contributed by atoms with E-state index in [1.807, 2.05) is 0 Å². The fraction of sp³-hybridized carbons (Fsp3) is 0.514. The summed E-state index contributed by atoms with van der Waals surface area (Å²) < 4.78 is 2.59. The first kappa shape index (κ1) is 27.4. The van der Waals surface area contributed by atoms with Crippen molar-refractivity contribution >= 4 is 17.1 Å². The Morgan fingerprint density at radius 3 is 2.11 bits per heavy atom. The molecule has 2 nitrogen and oxygen atoms in total. The zero-order chi connectivity index (χ0) is 26.5. The van der Waals surface area contributed by atoms with Crippen LogP contribution in [0.4, 0.5) is 11.4 Å². The van der Waals surface area contributed by atoms with Crippen molar-refractivity contribution in [2.24, 2.45) is 0 Å². The molecule has 2 heterocycles. The lowest BCUT2D eigenvalue weighted by atomic mass is 9.81. The van der Waals surface area contributed by atoms with Crippen LogP contribution in [-0.4, -0.2) is 23.4 Å². The molecule has 0 atom stereocenters. The average Bonchev–Trinajstić information content (AvgIpc) is 3.24. The van der Waals surface area contributed by atoms with Crippen LogP contribution in [0.5, 0.6) is 0 Å². The van der Waals surface area contributed by atoms with Gasteiger partial charge in [0.05, 0.1) is 5.41 Å². The summed E-state index contributed by atoms with van der Waals surface area (Å²) in [5.41, 5.74) is 8.53. The molecule has 0 spiro atoms. The highest BCUT2D eigenvalue weighted by Gasteiger charge is 2.44. The van der Waals surface area contributed by atoms with Crippen LogP contribution in [0.25, 0.3) is 0 Å².